The van der Waals surface area contributed by atoms with E-state index in [1.165, 1.54) is 0 Å². The van der Waals surface area contributed by atoms with E-state index in [9.17, 15) is 4.79 Å². The molecule has 6 nitrogen and oxygen atoms in total. The normalized spacial score (nSPS) is 27.8. The lowest BCUT2D eigenvalue weighted by molar-refractivity contribution is -0.133. The fourth-order valence-corrected chi connectivity index (χ4v) is 4.01. The Morgan fingerprint density at radius 3 is 3.22 bits per heavy atom. The van der Waals surface area contributed by atoms with Crippen molar-refractivity contribution in [3.63, 3.8) is 0 Å². The van der Waals surface area contributed by atoms with Crippen LogP contribution in [-0.2, 0) is 20.8 Å². The quantitative estimate of drug-likeness (QED) is 0.789. The van der Waals surface area contributed by atoms with E-state index in [4.69, 9.17) is 9.47 Å². The maximum atomic E-state index is 12.1. The number of carbonyl (C=O) groups is 1. The van der Waals surface area contributed by atoms with Gasteiger partial charge in [-0.3, -0.25) is 9.69 Å². The second kappa shape index (κ2) is 7.70. The number of methoxy groups -OCH3 is 1. The van der Waals surface area contributed by atoms with Gasteiger partial charge in [-0.25, -0.2) is 4.98 Å². The highest BCUT2D eigenvalue weighted by atomic mass is 32.1. The molecule has 0 aromatic carbocycles. The molecule has 7 heteroatoms. The Morgan fingerprint density at radius 1 is 1.61 bits per heavy atom. The van der Waals surface area contributed by atoms with Crippen molar-refractivity contribution in [2.24, 2.45) is 5.92 Å². The molecule has 0 unspecified atom stereocenters. The van der Waals surface area contributed by atoms with Gasteiger partial charge in [-0.05, 0) is 32.2 Å². The van der Waals surface area contributed by atoms with E-state index in [2.05, 4.69) is 20.6 Å². The Kier molecular flexibility index (Phi) is 5.63. The molecule has 0 aliphatic carbocycles. The van der Waals surface area contributed by atoms with Crippen molar-refractivity contribution < 1.29 is 14.3 Å². The van der Waals surface area contributed by atoms with E-state index in [1.54, 1.807) is 18.4 Å². The minimum Gasteiger partial charge on any atom is -0.383 e. The van der Waals surface area contributed by atoms with E-state index in [-0.39, 0.29) is 18.1 Å². The number of nitrogens with one attached hydrogen (secondary N) is 1. The van der Waals surface area contributed by atoms with Crippen LogP contribution >= 0.6 is 11.3 Å². The van der Waals surface area contributed by atoms with Gasteiger partial charge in [0.15, 0.2) is 0 Å². The Bertz CT molecular complexity index is 536. The van der Waals surface area contributed by atoms with Crippen molar-refractivity contribution >= 4 is 17.2 Å². The monoisotopic (exact) mass is 339 g/mol. The smallest absolute Gasteiger partial charge is 0.249 e. The molecule has 128 valence electrons. The van der Waals surface area contributed by atoms with Gasteiger partial charge in [0.1, 0.15) is 6.10 Å². The lowest BCUT2D eigenvalue weighted by Gasteiger charge is -2.33. The Balaban J connectivity index is 1.48. The highest BCUT2D eigenvalue weighted by Gasteiger charge is 2.41. The van der Waals surface area contributed by atoms with Gasteiger partial charge >= 0.3 is 0 Å². The van der Waals surface area contributed by atoms with Crippen molar-refractivity contribution in [2.45, 2.75) is 38.5 Å². The average Bonchev–Trinajstić information content (AvgIpc) is 3.13. The molecule has 1 aromatic heterocycles. The fourth-order valence-electron chi connectivity index (χ4n) is 3.41. The van der Waals surface area contributed by atoms with Crippen LogP contribution in [0.2, 0.25) is 0 Å². The fraction of sp³-hybridized carbons (Fsp3) is 0.750. The van der Waals surface area contributed by atoms with E-state index in [0.717, 1.165) is 43.2 Å². The maximum Gasteiger partial charge on any atom is 0.249 e. The van der Waals surface area contributed by atoms with E-state index in [0.29, 0.717) is 19.1 Å². The molecule has 3 rings (SSSR count). The molecule has 23 heavy (non-hydrogen) atoms. The lowest BCUT2D eigenvalue weighted by Crippen LogP contribution is -2.42. The summed E-state index contributed by atoms with van der Waals surface area (Å²) in [5.41, 5.74) is 1.14. The van der Waals surface area contributed by atoms with Crippen molar-refractivity contribution in [3.05, 3.63) is 16.1 Å². The Labute approximate surface area is 141 Å². The summed E-state index contributed by atoms with van der Waals surface area (Å²) in [6.07, 6.45) is 1.80. The Hall–Kier alpha value is -1.02. The first-order chi connectivity index (χ1) is 11.2. The van der Waals surface area contributed by atoms with Gasteiger partial charge in [-0.1, -0.05) is 0 Å². The minimum atomic E-state index is -0.302. The summed E-state index contributed by atoms with van der Waals surface area (Å²) in [6.45, 7) is 5.93. The Morgan fingerprint density at radius 2 is 2.48 bits per heavy atom. The summed E-state index contributed by atoms with van der Waals surface area (Å²) in [4.78, 5) is 19.1. The third kappa shape index (κ3) is 4.29. The summed E-state index contributed by atoms with van der Waals surface area (Å²) < 4.78 is 11.0. The first kappa shape index (κ1) is 16.8. The third-order valence-corrected chi connectivity index (χ3v) is 5.41. The SMILES string of the molecule is COCCNC(=O)[C@@H]1C[C@H]2CCN(Cc3csc(C)n3)C[C@@H]2O1. The highest BCUT2D eigenvalue weighted by molar-refractivity contribution is 7.09. The molecular formula is C16H25N3O3S. The van der Waals surface area contributed by atoms with Gasteiger partial charge in [0.05, 0.1) is 23.4 Å². The summed E-state index contributed by atoms with van der Waals surface area (Å²) in [5, 5.41) is 6.12. The molecule has 0 saturated carbocycles. The van der Waals surface area contributed by atoms with Crippen LogP contribution in [0.4, 0.5) is 0 Å². The van der Waals surface area contributed by atoms with Gasteiger partial charge in [-0.15, -0.1) is 11.3 Å². The van der Waals surface area contributed by atoms with Crippen molar-refractivity contribution in [2.75, 3.05) is 33.4 Å². The number of nitrogens with zero attached hydrogens (tertiary/aromatic N) is 2. The van der Waals surface area contributed by atoms with Gasteiger partial charge in [0.2, 0.25) is 5.91 Å². The first-order valence-corrected chi connectivity index (χ1v) is 9.09. The molecule has 2 saturated heterocycles. The number of aromatic nitrogens is 1. The number of amides is 1. The van der Waals surface area contributed by atoms with Crippen LogP contribution in [-0.4, -0.2) is 61.3 Å². The lowest BCUT2D eigenvalue weighted by atomic mass is 9.91. The van der Waals surface area contributed by atoms with Crippen LogP contribution in [0.3, 0.4) is 0 Å². The first-order valence-electron chi connectivity index (χ1n) is 8.21. The predicted octanol–water partition coefficient (Wildman–Crippen LogP) is 1.19. The number of rotatable bonds is 6. The molecule has 0 spiro atoms. The standard InChI is InChI=1S/C16H25N3O3S/c1-11-18-13(10-23-11)8-19-5-3-12-7-14(22-15(12)9-19)16(20)17-4-6-21-2/h10,12,14-15H,3-9H2,1-2H3,(H,17,20)/t12-,14+,15+/m1/s1. The largest absolute Gasteiger partial charge is 0.383 e. The van der Waals surface area contributed by atoms with Crippen LogP contribution in [0.25, 0.3) is 0 Å². The van der Waals surface area contributed by atoms with Gasteiger partial charge < -0.3 is 14.8 Å². The summed E-state index contributed by atoms with van der Waals surface area (Å²) in [5.74, 6) is 0.500. The van der Waals surface area contributed by atoms with Gasteiger partial charge in [-0.2, -0.15) is 0 Å². The van der Waals surface area contributed by atoms with Crippen LogP contribution in [0.5, 0.6) is 0 Å². The number of ether oxygens (including phenoxy) is 2. The van der Waals surface area contributed by atoms with E-state index < -0.39 is 0 Å². The van der Waals surface area contributed by atoms with Crippen molar-refractivity contribution in [1.29, 1.82) is 0 Å². The van der Waals surface area contributed by atoms with Crippen LogP contribution in [0.1, 0.15) is 23.5 Å². The van der Waals surface area contributed by atoms with Gasteiger partial charge in [0.25, 0.3) is 0 Å². The molecule has 2 fully saturated rings. The number of piperidine rings is 1. The summed E-state index contributed by atoms with van der Waals surface area (Å²) in [6, 6.07) is 0. The summed E-state index contributed by atoms with van der Waals surface area (Å²) in [7, 11) is 1.63. The molecule has 0 bridgehead atoms. The van der Waals surface area contributed by atoms with Crippen molar-refractivity contribution in [1.82, 2.24) is 15.2 Å². The van der Waals surface area contributed by atoms with Crippen LogP contribution in [0, 0.1) is 12.8 Å². The predicted molar refractivity (Wildman–Crippen MR) is 88.4 cm³/mol. The number of likely N-dealkylation sites (tertiary alicyclic amines) is 1. The number of hydrogen-bond donors (Lipinski definition) is 1. The van der Waals surface area contributed by atoms with Crippen LogP contribution < -0.4 is 5.32 Å². The van der Waals surface area contributed by atoms with E-state index >= 15 is 0 Å². The number of hydrogen-bond acceptors (Lipinski definition) is 6. The zero-order chi connectivity index (χ0) is 16.2. The van der Waals surface area contributed by atoms with E-state index in [1.807, 2.05) is 6.92 Å². The highest BCUT2D eigenvalue weighted by Crippen LogP contribution is 2.33. The second-order valence-corrected chi connectivity index (χ2v) is 7.39. The maximum absolute atomic E-state index is 12.1. The molecule has 1 N–H and O–H groups in total. The number of fused-ring (bicyclic) bond motifs is 1. The average molecular weight is 339 g/mol. The zero-order valence-corrected chi connectivity index (χ0v) is 14.6. The molecular weight excluding hydrogens is 314 g/mol. The number of carbonyl (C=O) groups excluding carboxylic acids is 1. The topological polar surface area (TPSA) is 63.7 Å². The second-order valence-electron chi connectivity index (χ2n) is 6.32. The summed E-state index contributed by atoms with van der Waals surface area (Å²) >= 11 is 1.69. The molecule has 3 heterocycles. The minimum absolute atomic E-state index is 0.00174. The molecule has 2 aliphatic rings. The molecule has 1 amide bonds. The molecule has 0 radical (unpaired) electrons. The molecule has 1 aromatic rings. The zero-order valence-electron chi connectivity index (χ0n) is 13.8. The number of aryl methyl sites for hydroxylation is 1. The number of thiazole rings is 1. The third-order valence-electron chi connectivity index (χ3n) is 4.59. The van der Waals surface area contributed by atoms with Gasteiger partial charge in [0, 0.05) is 32.1 Å². The van der Waals surface area contributed by atoms with Crippen LogP contribution in [0.15, 0.2) is 5.38 Å². The molecule has 2 aliphatic heterocycles. The molecule has 3 atom stereocenters. The van der Waals surface area contributed by atoms with Crippen molar-refractivity contribution in [3.8, 4) is 0 Å².